The van der Waals surface area contributed by atoms with Gasteiger partial charge in [-0.1, -0.05) is 18.8 Å². The molecule has 178 valence electrons. The van der Waals surface area contributed by atoms with E-state index in [0.717, 1.165) is 14.9 Å². The van der Waals surface area contributed by atoms with Crippen molar-refractivity contribution in [2.24, 2.45) is 0 Å². The monoisotopic (exact) mass is 489 g/mol. The molecular weight excluding hydrogens is 462 g/mol. The predicted octanol–water partition coefficient (Wildman–Crippen LogP) is -0.632. The van der Waals surface area contributed by atoms with Crippen LogP contribution >= 0.6 is 0 Å². The van der Waals surface area contributed by atoms with E-state index in [0.29, 0.717) is 12.2 Å². The molecule has 13 heteroatoms. The smallest absolute Gasteiger partial charge is 0.263 e. The molecule has 1 amide bonds. The maximum atomic E-state index is 13.2. The second-order valence-electron chi connectivity index (χ2n) is 7.16. The minimum absolute atomic E-state index is 0.00681. The van der Waals surface area contributed by atoms with E-state index >= 15 is 0 Å². The lowest BCUT2D eigenvalue weighted by Crippen LogP contribution is -2.65. The van der Waals surface area contributed by atoms with Crippen molar-refractivity contribution >= 4 is 26.0 Å². The summed E-state index contributed by atoms with van der Waals surface area (Å²) in [6.07, 6.45) is 0.722. The van der Waals surface area contributed by atoms with Gasteiger partial charge in [-0.15, -0.1) is 0 Å². The third-order valence-corrected chi connectivity index (χ3v) is 8.23. The number of nitrogens with zero attached hydrogens (tertiary/aromatic N) is 2. The molecule has 3 atom stereocenters. The van der Waals surface area contributed by atoms with E-state index < -0.39 is 44.1 Å². The zero-order valence-electron chi connectivity index (χ0n) is 17.9. The average Bonchev–Trinajstić information content (AvgIpc) is 2.75. The molecule has 1 heterocycles. The van der Waals surface area contributed by atoms with Gasteiger partial charge in [-0.3, -0.25) is 10.0 Å². The summed E-state index contributed by atoms with van der Waals surface area (Å²) in [4.78, 5) is 12.1. The molecule has 32 heavy (non-hydrogen) atoms. The predicted molar refractivity (Wildman–Crippen MR) is 115 cm³/mol. The van der Waals surface area contributed by atoms with Gasteiger partial charge in [0.1, 0.15) is 24.5 Å². The summed E-state index contributed by atoms with van der Waals surface area (Å²) in [5.74, 6) is 4.56. The van der Waals surface area contributed by atoms with Gasteiger partial charge in [-0.2, -0.15) is 8.61 Å². The van der Waals surface area contributed by atoms with Gasteiger partial charge in [-0.05, 0) is 37.6 Å². The highest BCUT2D eigenvalue weighted by molar-refractivity contribution is 7.89. The standard InChI is InChI=1S/C19H27N3O8S2/c1-4-15(23)6-5-13-30-16-7-9-17(10-8-16)32(28,29)22-12-11-21(31(3,26)27)14(2)18(22)19(24)20-25/h7-10,14-15,18,23,25H,4,11-13H2,1-3H3,(H,20,24). The Morgan fingerprint density at radius 1 is 1.22 bits per heavy atom. The van der Waals surface area contributed by atoms with Crippen molar-refractivity contribution in [1.29, 1.82) is 0 Å². The fourth-order valence-corrected chi connectivity index (χ4v) is 6.09. The van der Waals surface area contributed by atoms with Crippen LogP contribution in [-0.4, -0.2) is 85.8 Å². The second kappa shape index (κ2) is 10.6. The molecule has 0 radical (unpaired) electrons. The van der Waals surface area contributed by atoms with Crippen molar-refractivity contribution in [3.8, 4) is 17.6 Å². The lowest BCUT2D eigenvalue weighted by Gasteiger charge is -2.42. The number of hydroxylamine groups is 1. The van der Waals surface area contributed by atoms with Gasteiger partial charge >= 0.3 is 0 Å². The summed E-state index contributed by atoms with van der Waals surface area (Å²) >= 11 is 0. The number of ether oxygens (including phenoxy) is 1. The normalized spacial score (nSPS) is 21.3. The molecule has 0 bridgehead atoms. The number of piperazine rings is 1. The van der Waals surface area contributed by atoms with Crippen LogP contribution in [0, 0.1) is 11.8 Å². The van der Waals surface area contributed by atoms with E-state index in [2.05, 4.69) is 11.8 Å². The van der Waals surface area contributed by atoms with Crippen LogP contribution in [-0.2, 0) is 24.8 Å². The minimum atomic E-state index is -4.20. The Labute approximate surface area is 188 Å². The molecule has 11 nitrogen and oxygen atoms in total. The SMILES string of the molecule is CCC(O)C#CCOc1ccc(S(=O)(=O)N2CCN(S(C)(=O)=O)C(C)C2C(=O)NO)cc1. The molecule has 0 aliphatic carbocycles. The molecule has 3 N–H and O–H groups in total. The van der Waals surface area contributed by atoms with E-state index in [9.17, 15) is 26.7 Å². The zero-order chi connectivity index (χ0) is 24.1. The first-order valence-corrected chi connectivity index (χ1v) is 13.0. The number of amides is 1. The van der Waals surface area contributed by atoms with Gasteiger partial charge in [-0.25, -0.2) is 22.3 Å². The molecule has 2 rings (SSSR count). The molecular formula is C19H27N3O8S2. The zero-order valence-corrected chi connectivity index (χ0v) is 19.6. The molecule has 1 fully saturated rings. The van der Waals surface area contributed by atoms with Crippen LogP contribution in [0.25, 0.3) is 0 Å². The Hall–Kier alpha value is -2.21. The summed E-state index contributed by atoms with van der Waals surface area (Å²) < 4.78 is 57.7. The van der Waals surface area contributed by atoms with Crippen molar-refractivity contribution in [3.63, 3.8) is 0 Å². The topological polar surface area (TPSA) is 154 Å². The minimum Gasteiger partial charge on any atom is -0.481 e. The first kappa shape index (κ1) is 26.0. The van der Waals surface area contributed by atoms with E-state index in [1.807, 2.05) is 0 Å². The van der Waals surface area contributed by atoms with Crippen molar-refractivity contribution in [2.45, 2.75) is 43.4 Å². The van der Waals surface area contributed by atoms with E-state index in [1.54, 1.807) is 6.92 Å². The fourth-order valence-electron chi connectivity index (χ4n) is 3.32. The third-order valence-electron chi connectivity index (χ3n) is 4.96. The van der Waals surface area contributed by atoms with Gasteiger partial charge in [0.2, 0.25) is 20.0 Å². The number of benzene rings is 1. The second-order valence-corrected chi connectivity index (χ2v) is 11.0. The van der Waals surface area contributed by atoms with Crippen LogP contribution in [0.15, 0.2) is 29.2 Å². The summed E-state index contributed by atoms with van der Waals surface area (Å²) in [7, 11) is -7.90. The maximum absolute atomic E-state index is 13.2. The van der Waals surface area contributed by atoms with Crippen molar-refractivity contribution in [3.05, 3.63) is 24.3 Å². The van der Waals surface area contributed by atoms with E-state index in [1.165, 1.54) is 36.7 Å². The Balaban J connectivity index is 2.25. The fraction of sp³-hybridized carbons (Fsp3) is 0.526. The van der Waals surface area contributed by atoms with Crippen LogP contribution in [0.2, 0.25) is 0 Å². The van der Waals surface area contributed by atoms with Gasteiger partial charge in [0, 0.05) is 19.1 Å². The number of sulfonamides is 2. The summed E-state index contributed by atoms with van der Waals surface area (Å²) in [6.45, 7) is 2.78. The van der Waals surface area contributed by atoms with Gasteiger partial charge < -0.3 is 9.84 Å². The van der Waals surface area contributed by atoms with Gasteiger partial charge in [0.15, 0.2) is 0 Å². The number of nitrogens with one attached hydrogen (secondary N) is 1. The molecule has 1 aromatic rings. The highest BCUT2D eigenvalue weighted by atomic mass is 32.2. The highest BCUT2D eigenvalue weighted by Crippen LogP contribution is 2.27. The largest absolute Gasteiger partial charge is 0.481 e. The van der Waals surface area contributed by atoms with Crippen LogP contribution in [0.5, 0.6) is 5.75 Å². The van der Waals surface area contributed by atoms with E-state index in [4.69, 9.17) is 9.94 Å². The van der Waals surface area contributed by atoms with E-state index in [-0.39, 0.29) is 24.6 Å². The summed E-state index contributed by atoms with van der Waals surface area (Å²) in [5.41, 5.74) is 1.42. The molecule has 1 aromatic carbocycles. The van der Waals surface area contributed by atoms with Gasteiger partial charge in [0.25, 0.3) is 5.91 Å². The van der Waals surface area contributed by atoms with Crippen molar-refractivity contribution in [2.75, 3.05) is 26.0 Å². The number of aliphatic hydroxyl groups excluding tert-OH is 1. The molecule has 1 saturated heterocycles. The highest BCUT2D eigenvalue weighted by Gasteiger charge is 2.47. The number of aliphatic hydroxyl groups is 1. The third kappa shape index (κ3) is 5.97. The first-order valence-electron chi connectivity index (χ1n) is 9.75. The van der Waals surface area contributed by atoms with Crippen molar-refractivity contribution < 1.29 is 36.7 Å². The number of hydrogen-bond donors (Lipinski definition) is 3. The summed E-state index contributed by atoms with van der Waals surface area (Å²) in [6, 6.07) is 2.91. The molecule has 0 spiro atoms. The number of carbonyl (C=O) groups excluding carboxylic acids is 1. The Morgan fingerprint density at radius 2 is 1.81 bits per heavy atom. The number of rotatable bonds is 7. The Bertz CT molecular complexity index is 1080. The summed E-state index contributed by atoms with van der Waals surface area (Å²) in [5, 5.41) is 18.5. The molecule has 1 aliphatic rings. The van der Waals surface area contributed by atoms with Gasteiger partial charge in [0.05, 0.1) is 11.2 Å². The van der Waals surface area contributed by atoms with Crippen molar-refractivity contribution in [1.82, 2.24) is 14.1 Å². The van der Waals surface area contributed by atoms with Crippen LogP contribution in [0.1, 0.15) is 20.3 Å². The lowest BCUT2D eigenvalue weighted by molar-refractivity contribution is -0.135. The number of hydrogen-bond acceptors (Lipinski definition) is 8. The van der Waals surface area contributed by atoms with Crippen LogP contribution in [0.3, 0.4) is 0 Å². The molecule has 1 aliphatic heterocycles. The number of carbonyl (C=O) groups is 1. The van der Waals surface area contributed by atoms with Crippen LogP contribution < -0.4 is 10.2 Å². The quantitative estimate of drug-likeness (QED) is 0.260. The Morgan fingerprint density at radius 3 is 2.34 bits per heavy atom. The average molecular weight is 490 g/mol. The Kier molecular flexibility index (Phi) is 8.63. The maximum Gasteiger partial charge on any atom is 0.263 e. The first-order chi connectivity index (χ1) is 14.9. The van der Waals surface area contributed by atoms with Crippen LogP contribution in [0.4, 0.5) is 0 Å². The molecule has 3 unspecified atom stereocenters. The lowest BCUT2D eigenvalue weighted by atomic mass is 10.1. The molecule has 0 aromatic heterocycles. The molecule has 0 saturated carbocycles.